The van der Waals surface area contributed by atoms with Crippen molar-refractivity contribution in [3.05, 3.63) is 51.1 Å². The molecular formula is C14H14FN3O4. The average Bonchev–Trinajstić information content (AvgIpc) is 2.79. The van der Waals surface area contributed by atoms with Gasteiger partial charge in [0.2, 0.25) is 5.91 Å². The summed E-state index contributed by atoms with van der Waals surface area (Å²) in [4.78, 5) is 22.5. The van der Waals surface area contributed by atoms with Gasteiger partial charge < -0.3 is 9.84 Å². The van der Waals surface area contributed by atoms with E-state index in [-0.39, 0.29) is 5.69 Å². The minimum Gasteiger partial charge on any atom is -0.361 e. The second kappa shape index (κ2) is 5.92. The number of aromatic nitrogens is 1. The summed E-state index contributed by atoms with van der Waals surface area (Å²) in [6.45, 7) is 5.02. The third-order valence-corrected chi connectivity index (χ3v) is 3.33. The van der Waals surface area contributed by atoms with Crippen molar-refractivity contribution in [1.29, 1.82) is 0 Å². The Morgan fingerprint density at radius 2 is 2.14 bits per heavy atom. The van der Waals surface area contributed by atoms with Crippen molar-refractivity contribution in [1.82, 2.24) is 5.16 Å². The first-order valence-electron chi connectivity index (χ1n) is 6.48. The summed E-state index contributed by atoms with van der Waals surface area (Å²) in [5.74, 6) is -1.32. The molecule has 2 aromatic rings. The number of carbonyl (C=O) groups is 1. The van der Waals surface area contributed by atoms with Crippen molar-refractivity contribution in [2.24, 2.45) is 0 Å². The molecule has 0 spiro atoms. The maximum absolute atomic E-state index is 13.1. The molecule has 1 amide bonds. The summed E-state index contributed by atoms with van der Waals surface area (Å²) >= 11 is 0. The zero-order valence-electron chi connectivity index (χ0n) is 12.2. The minimum atomic E-state index is -0.751. The molecule has 1 atom stereocenters. The lowest BCUT2D eigenvalue weighted by atomic mass is 9.98. The summed E-state index contributed by atoms with van der Waals surface area (Å²) in [5.41, 5.74) is 0.644. The number of benzene rings is 1. The fraction of sp³-hybridized carbons (Fsp3) is 0.286. The smallest absolute Gasteiger partial charge is 0.295 e. The van der Waals surface area contributed by atoms with E-state index in [0.29, 0.717) is 17.0 Å². The summed E-state index contributed by atoms with van der Waals surface area (Å²) in [6.07, 6.45) is 0. The Kier molecular flexibility index (Phi) is 4.20. The quantitative estimate of drug-likeness (QED) is 0.691. The fourth-order valence-corrected chi connectivity index (χ4v) is 2.24. The standard InChI is InChI=1S/C14H14FN3O4/c1-7(13-8(2)17-22-9(13)3)14(19)16-11-5-4-10(15)6-12(11)18(20)21/h4-7H,1-3H3,(H,16,19). The monoisotopic (exact) mass is 307 g/mol. The molecule has 1 unspecified atom stereocenters. The normalized spacial score (nSPS) is 12.0. The van der Waals surface area contributed by atoms with E-state index in [2.05, 4.69) is 10.5 Å². The molecule has 0 aliphatic carbocycles. The van der Waals surface area contributed by atoms with Crippen molar-refractivity contribution in [3.8, 4) is 0 Å². The zero-order chi connectivity index (χ0) is 16.4. The molecular weight excluding hydrogens is 293 g/mol. The van der Waals surface area contributed by atoms with Crippen molar-refractivity contribution in [2.45, 2.75) is 26.7 Å². The van der Waals surface area contributed by atoms with Crippen LogP contribution in [0.15, 0.2) is 22.7 Å². The van der Waals surface area contributed by atoms with Gasteiger partial charge in [0, 0.05) is 5.56 Å². The molecule has 0 saturated heterocycles. The van der Waals surface area contributed by atoms with Crippen LogP contribution in [0.5, 0.6) is 0 Å². The number of hydrogen-bond donors (Lipinski definition) is 1. The van der Waals surface area contributed by atoms with Crippen LogP contribution in [-0.2, 0) is 4.79 Å². The third-order valence-electron chi connectivity index (χ3n) is 3.33. The third kappa shape index (κ3) is 2.95. The molecule has 0 bridgehead atoms. The summed E-state index contributed by atoms with van der Waals surface area (Å²) in [6, 6.07) is 2.96. The van der Waals surface area contributed by atoms with Crippen molar-refractivity contribution in [2.75, 3.05) is 5.32 Å². The Morgan fingerprint density at radius 1 is 1.45 bits per heavy atom. The number of nitro groups is 1. The number of carbonyl (C=O) groups excluding carboxylic acids is 1. The predicted molar refractivity (Wildman–Crippen MR) is 76.1 cm³/mol. The molecule has 1 aromatic heterocycles. The van der Waals surface area contributed by atoms with Gasteiger partial charge in [0.05, 0.1) is 22.6 Å². The number of amides is 1. The van der Waals surface area contributed by atoms with Crippen molar-refractivity contribution >= 4 is 17.3 Å². The first-order chi connectivity index (χ1) is 10.3. The van der Waals surface area contributed by atoms with Crippen molar-refractivity contribution in [3.63, 3.8) is 0 Å². The lowest BCUT2D eigenvalue weighted by Crippen LogP contribution is -2.20. The number of rotatable bonds is 4. The van der Waals surface area contributed by atoms with Gasteiger partial charge in [-0.1, -0.05) is 5.16 Å². The SMILES string of the molecule is Cc1noc(C)c1C(C)C(=O)Nc1ccc(F)cc1[N+](=O)[O-]. The molecule has 8 heteroatoms. The van der Waals surface area contributed by atoms with Gasteiger partial charge in [-0.15, -0.1) is 0 Å². The van der Waals surface area contributed by atoms with Gasteiger partial charge in [-0.25, -0.2) is 4.39 Å². The Labute approximate surface area is 125 Å². The van der Waals surface area contributed by atoms with Gasteiger partial charge in [-0.3, -0.25) is 14.9 Å². The number of anilines is 1. The molecule has 0 radical (unpaired) electrons. The van der Waals surface area contributed by atoms with Crippen LogP contribution in [0.1, 0.15) is 29.9 Å². The molecule has 0 aliphatic heterocycles. The van der Waals surface area contributed by atoms with E-state index < -0.39 is 28.3 Å². The molecule has 0 fully saturated rings. The Morgan fingerprint density at radius 3 is 2.68 bits per heavy atom. The molecule has 116 valence electrons. The lowest BCUT2D eigenvalue weighted by molar-refractivity contribution is -0.384. The van der Waals surface area contributed by atoms with Crippen LogP contribution >= 0.6 is 0 Å². The number of nitro benzene ring substituents is 1. The van der Waals surface area contributed by atoms with Gasteiger partial charge in [-0.05, 0) is 32.9 Å². The fourth-order valence-electron chi connectivity index (χ4n) is 2.24. The van der Waals surface area contributed by atoms with E-state index in [1.54, 1.807) is 20.8 Å². The van der Waals surface area contributed by atoms with E-state index in [1.165, 1.54) is 0 Å². The Bertz CT molecular complexity index is 722. The van der Waals surface area contributed by atoms with Gasteiger partial charge in [-0.2, -0.15) is 0 Å². The number of aryl methyl sites for hydroxylation is 2. The molecule has 1 N–H and O–H groups in total. The zero-order valence-corrected chi connectivity index (χ0v) is 12.2. The summed E-state index contributed by atoms with van der Waals surface area (Å²) in [5, 5.41) is 17.1. The van der Waals surface area contributed by atoms with Crippen LogP contribution < -0.4 is 5.32 Å². The molecule has 2 rings (SSSR count). The van der Waals surface area contributed by atoms with E-state index >= 15 is 0 Å². The van der Waals surface area contributed by atoms with Crippen LogP contribution in [0.3, 0.4) is 0 Å². The molecule has 0 saturated carbocycles. The van der Waals surface area contributed by atoms with Crippen molar-refractivity contribution < 1.29 is 18.6 Å². The second-order valence-electron chi connectivity index (χ2n) is 4.87. The highest BCUT2D eigenvalue weighted by atomic mass is 19.1. The first kappa shape index (κ1) is 15.6. The van der Waals surface area contributed by atoms with E-state index in [1.807, 2.05) is 0 Å². The highest BCUT2D eigenvalue weighted by molar-refractivity contribution is 5.97. The molecule has 0 aliphatic rings. The van der Waals surface area contributed by atoms with Gasteiger partial charge in [0.15, 0.2) is 0 Å². The Balaban J connectivity index is 2.28. The topological polar surface area (TPSA) is 98.3 Å². The lowest BCUT2D eigenvalue weighted by Gasteiger charge is -2.12. The molecule has 22 heavy (non-hydrogen) atoms. The van der Waals surface area contributed by atoms with Gasteiger partial charge in [0.25, 0.3) is 5.69 Å². The van der Waals surface area contributed by atoms with Crippen LogP contribution in [0, 0.1) is 29.8 Å². The average molecular weight is 307 g/mol. The number of nitrogens with zero attached hydrogens (tertiary/aromatic N) is 2. The second-order valence-corrected chi connectivity index (χ2v) is 4.87. The highest BCUT2D eigenvalue weighted by Gasteiger charge is 2.25. The maximum atomic E-state index is 13.1. The minimum absolute atomic E-state index is 0.0602. The predicted octanol–water partition coefficient (Wildman–Crippen LogP) is 3.08. The first-order valence-corrected chi connectivity index (χ1v) is 6.48. The van der Waals surface area contributed by atoms with Gasteiger partial charge >= 0.3 is 0 Å². The molecule has 1 heterocycles. The summed E-state index contributed by atoms with van der Waals surface area (Å²) < 4.78 is 18.1. The van der Waals surface area contributed by atoms with Gasteiger partial charge in [0.1, 0.15) is 17.3 Å². The largest absolute Gasteiger partial charge is 0.361 e. The summed E-state index contributed by atoms with van der Waals surface area (Å²) in [7, 11) is 0. The number of nitrogens with one attached hydrogen (secondary N) is 1. The maximum Gasteiger partial charge on any atom is 0.295 e. The Hall–Kier alpha value is -2.77. The van der Waals surface area contributed by atoms with Crippen LogP contribution in [0.2, 0.25) is 0 Å². The number of hydrogen-bond acceptors (Lipinski definition) is 5. The van der Waals surface area contributed by atoms with E-state index in [4.69, 9.17) is 4.52 Å². The number of halogens is 1. The molecule has 1 aromatic carbocycles. The molecule has 7 nitrogen and oxygen atoms in total. The van der Waals surface area contributed by atoms with Crippen LogP contribution in [0.4, 0.5) is 15.8 Å². The highest BCUT2D eigenvalue weighted by Crippen LogP contribution is 2.28. The van der Waals surface area contributed by atoms with E-state index in [0.717, 1.165) is 18.2 Å². The van der Waals surface area contributed by atoms with E-state index in [9.17, 15) is 19.3 Å². The van der Waals surface area contributed by atoms with Crippen LogP contribution in [-0.4, -0.2) is 16.0 Å². The van der Waals surface area contributed by atoms with Crippen LogP contribution in [0.25, 0.3) is 0 Å².